The molecule has 0 unspecified atom stereocenters. The number of phenolic OH excluding ortho intramolecular Hbond substituents is 1. The van der Waals surface area contributed by atoms with Crippen LogP contribution in [-0.4, -0.2) is 44.8 Å². The minimum atomic E-state index is -0.928. The highest BCUT2D eigenvalue weighted by atomic mass is 32.1. The van der Waals surface area contributed by atoms with Crippen molar-refractivity contribution in [1.82, 2.24) is 9.88 Å². The van der Waals surface area contributed by atoms with Gasteiger partial charge in [-0.3, -0.25) is 4.90 Å². The van der Waals surface area contributed by atoms with Crippen LogP contribution in [0.3, 0.4) is 0 Å². The minimum absolute atomic E-state index is 0.0624. The largest absolute Gasteiger partial charge is 0.504 e. The van der Waals surface area contributed by atoms with Crippen LogP contribution in [0.2, 0.25) is 0 Å². The van der Waals surface area contributed by atoms with Crippen LogP contribution in [0.4, 0.5) is 5.13 Å². The fourth-order valence-electron chi connectivity index (χ4n) is 6.61. The number of likely N-dealkylation sites (tertiary alicyclic amines) is 1. The number of thiazole rings is 1. The van der Waals surface area contributed by atoms with Crippen molar-refractivity contribution in [2.24, 2.45) is 5.92 Å². The Balaban J connectivity index is 1.50. The molecule has 0 amide bonds. The second kappa shape index (κ2) is 4.83. The van der Waals surface area contributed by atoms with Gasteiger partial charge in [0, 0.05) is 29.4 Å². The van der Waals surface area contributed by atoms with Crippen LogP contribution in [0.15, 0.2) is 12.1 Å². The number of nitrogens with two attached hydrogens (primary N) is 1. The third kappa shape index (κ3) is 1.67. The quantitative estimate of drug-likeness (QED) is 0.719. The third-order valence-electron chi connectivity index (χ3n) is 7.94. The van der Waals surface area contributed by atoms with E-state index in [1.165, 1.54) is 29.7 Å². The Hall–Kier alpha value is -1.83. The van der Waals surface area contributed by atoms with Crippen molar-refractivity contribution in [3.63, 3.8) is 0 Å². The van der Waals surface area contributed by atoms with E-state index >= 15 is 0 Å². The number of aromatic nitrogens is 1. The molecule has 4 atom stereocenters. The molecule has 7 heteroatoms. The predicted octanol–water partition coefficient (Wildman–Crippen LogP) is 2.13. The Labute approximate surface area is 167 Å². The number of hydrogen-bond donors (Lipinski definition) is 3. The summed E-state index contributed by atoms with van der Waals surface area (Å²) in [5.41, 5.74) is 7.69. The van der Waals surface area contributed by atoms with Gasteiger partial charge in [0.25, 0.3) is 0 Å². The Morgan fingerprint density at radius 3 is 3.04 bits per heavy atom. The zero-order chi connectivity index (χ0) is 18.8. The molecule has 2 bridgehead atoms. The van der Waals surface area contributed by atoms with E-state index in [-0.39, 0.29) is 17.9 Å². The van der Waals surface area contributed by atoms with E-state index in [4.69, 9.17) is 10.5 Å². The van der Waals surface area contributed by atoms with Gasteiger partial charge in [-0.1, -0.05) is 6.07 Å². The highest BCUT2D eigenvalue weighted by Gasteiger charge is 2.73. The first-order valence-electron chi connectivity index (χ1n) is 10.2. The van der Waals surface area contributed by atoms with Crippen molar-refractivity contribution in [3.8, 4) is 11.5 Å². The number of hydrogen-bond acceptors (Lipinski definition) is 7. The normalized spacial score (nSPS) is 37.3. The van der Waals surface area contributed by atoms with E-state index in [0.717, 1.165) is 48.0 Å². The Morgan fingerprint density at radius 2 is 2.21 bits per heavy atom. The molecular formula is C21H23N3O3S. The molecule has 146 valence electrons. The monoisotopic (exact) mass is 397 g/mol. The van der Waals surface area contributed by atoms with Gasteiger partial charge in [-0.25, -0.2) is 4.98 Å². The van der Waals surface area contributed by atoms with Gasteiger partial charge < -0.3 is 20.7 Å². The minimum Gasteiger partial charge on any atom is -0.504 e. The number of piperidine rings is 1. The average Bonchev–Trinajstić information content (AvgIpc) is 3.28. The highest BCUT2D eigenvalue weighted by Crippen LogP contribution is 2.69. The lowest BCUT2D eigenvalue weighted by Gasteiger charge is -2.62. The number of anilines is 1. The molecule has 1 saturated carbocycles. The van der Waals surface area contributed by atoms with E-state index in [9.17, 15) is 10.2 Å². The van der Waals surface area contributed by atoms with Crippen molar-refractivity contribution < 1.29 is 14.9 Å². The van der Waals surface area contributed by atoms with Gasteiger partial charge in [-0.15, -0.1) is 11.3 Å². The van der Waals surface area contributed by atoms with Crippen molar-refractivity contribution in [2.75, 3.05) is 18.8 Å². The van der Waals surface area contributed by atoms with Crippen LogP contribution < -0.4 is 10.5 Å². The van der Waals surface area contributed by atoms with E-state index in [2.05, 4.69) is 9.88 Å². The Kier molecular flexibility index (Phi) is 2.76. The number of rotatable bonds is 2. The molecule has 1 saturated heterocycles. The number of aliphatic hydroxyl groups is 1. The number of nitrogen functional groups attached to an aromatic ring is 1. The first kappa shape index (κ1) is 16.0. The smallest absolute Gasteiger partial charge is 0.180 e. The fraction of sp³-hybridized carbons (Fsp3) is 0.571. The van der Waals surface area contributed by atoms with Crippen LogP contribution in [0.5, 0.6) is 11.5 Å². The van der Waals surface area contributed by atoms with Crippen LogP contribution in [0.1, 0.15) is 47.1 Å². The molecular weight excluding hydrogens is 374 g/mol. The first-order valence-corrected chi connectivity index (χ1v) is 11.1. The molecule has 1 aromatic heterocycles. The molecule has 2 fully saturated rings. The molecule has 1 spiro atoms. The number of nitrogens with zero attached hydrogens (tertiary/aromatic N) is 2. The first-order chi connectivity index (χ1) is 13.5. The highest BCUT2D eigenvalue weighted by molar-refractivity contribution is 7.15. The summed E-state index contributed by atoms with van der Waals surface area (Å²) in [6.07, 6.45) is 4.43. The molecule has 5 aliphatic rings. The van der Waals surface area contributed by atoms with E-state index in [1.54, 1.807) is 6.07 Å². The molecule has 28 heavy (non-hydrogen) atoms. The van der Waals surface area contributed by atoms with Crippen molar-refractivity contribution in [1.29, 1.82) is 0 Å². The van der Waals surface area contributed by atoms with E-state index in [1.807, 2.05) is 6.07 Å². The molecule has 0 radical (unpaired) electrons. The molecule has 2 aliphatic heterocycles. The van der Waals surface area contributed by atoms with Gasteiger partial charge in [0.1, 0.15) is 0 Å². The van der Waals surface area contributed by atoms with Gasteiger partial charge in [-0.2, -0.15) is 0 Å². The van der Waals surface area contributed by atoms with Crippen molar-refractivity contribution in [3.05, 3.63) is 33.8 Å². The molecule has 7 rings (SSSR count). The molecule has 4 N–H and O–H groups in total. The zero-order valence-electron chi connectivity index (χ0n) is 15.5. The van der Waals surface area contributed by atoms with Crippen LogP contribution in [0, 0.1) is 5.92 Å². The van der Waals surface area contributed by atoms with Crippen LogP contribution in [-0.2, 0) is 18.3 Å². The third-order valence-corrected chi connectivity index (χ3v) is 8.84. The molecule has 3 aliphatic carbocycles. The number of ether oxygens (including phenoxy) is 1. The zero-order valence-corrected chi connectivity index (χ0v) is 16.3. The van der Waals surface area contributed by atoms with E-state index in [0.29, 0.717) is 17.3 Å². The molecule has 2 aromatic rings. The van der Waals surface area contributed by atoms with Crippen LogP contribution >= 0.6 is 11.3 Å². The standard InChI is InChI=1S/C21H23N3O3S/c22-19-23-16-13(28-19)8-21(26)14-7-11-3-4-12(25)17-15(11)20(21,18(16)27-17)5-6-24(14)9-10-1-2-10/h3-4,10,14,18,25-26H,1-2,5-9H2,(H2,22,23)/t14-,18-,20-,21+/m0/s1. The summed E-state index contributed by atoms with van der Waals surface area (Å²) in [7, 11) is 0. The van der Waals surface area contributed by atoms with Gasteiger partial charge in [0.15, 0.2) is 22.7 Å². The summed E-state index contributed by atoms with van der Waals surface area (Å²) in [5.74, 6) is 1.49. The van der Waals surface area contributed by atoms with Gasteiger partial charge >= 0.3 is 0 Å². The van der Waals surface area contributed by atoms with Gasteiger partial charge in [0.2, 0.25) is 0 Å². The molecule has 3 heterocycles. The summed E-state index contributed by atoms with van der Waals surface area (Å²) >= 11 is 1.47. The van der Waals surface area contributed by atoms with Crippen molar-refractivity contribution >= 4 is 16.5 Å². The van der Waals surface area contributed by atoms with Crippen LogP contribution in [0.25, 0.3) is 0 Å². The average molecular weight is 398 g/mol. The second-order valence-electron chi connectivity index (χ2n) is 9.29. The van der Waals surface area contributed by atoms with Gasteiger partial charge in [-0.05, 0) is 49.8 Å². The summed E-state index contributed by atoms with van der Waals surface area (Å²) in [6, 6.07) is 3.83. The SMILES string of the molecule is Nc1nc2c(s1)C[C@@]1(O)[C@@H]3Cc4ccc(O)c5c4[C@@]1(CCN3CC1CC1)[C@H]2O5. The van der Waals surface area contributed by atoms with Crippen molar-refractivity contribution in [2.45, 2.75) is 55.3 Å². The predicted molar refractivity (Wildman–Crippen MR) is 105 cm³/mol. The Bertz CT molecular complexity index is 1030. The van der Waals surface area contributed by atoms with Gasteiger partial charge in [0.05, 0.1) is 16.7 Å². The number of aromatic hydroxyl groups is 1. The summed E-state index contributed by atoms with van der Waals surface area (Å²) in [6.45, 7) is 2.03. The number of phenols is 1. The summed E-state index contributed by atoms with van der Waals surface area (Å²) in [4.78, 5) is 8.18. The maximum absolute atomic E-state index is 12.4. The molecule has 1 aromatic carbocycles. The lowest BCUT2D eigenvalue weighted by atomic mass is 9.49. The summed E-state index contributed by atoms with van der Waals surface area (Å²) in [5, 5.41) is 23.5. The topological polar surface area (TPSA) is 91.8 Å². The maximum atomic E-state index is 12.4. The lowest BCUT2D eigenvalue weighted by Crippen LogP contribution is -2.74. The lowest BCUT2D eigenvalue weighted by molar-refractivity contribution is -0.172. The Morgan fingerprint density at radius 1 is 1.36 bits per heavy atom. The summed E-state index contributed by atoms with van der Waals surface area (Å²) < 4.78 is 6.40. The second-order valence-corrected chi connectivity index (χ2v) is 10.4. The maximum Gasteiger partial charge on any atom is 0.180 e. The fourth-order valence-corrected chi connectivity index (χ4v) is 7.56. The van der Waals surface area contributed by atoms with E-state index < -0.39 is 11.0 Å². The number of fused-ring (bicyclic) bond motifs is 2. The number of benzene rings is 1. The molecule has 6 nitrogen and oxygen atoms in total.